The van der Waals surface area contributed by atoms with Crippen molar-refractivity contribution in [1.29, 1.82) is 0 Å². The third kappa shape index (κ3) is 4.60. The second kappa shape index (κ2) is 7.43. The molecule has 0 aliphatic heterocycles. The second-order valence-corrected chi connectivity index (χ2v) is 4.85. The van der Waals surface area contributed by atoms with E-state index in [9.17, 15) is 4.39 Å². The van der Waals surface area contributed by atoms with Crippen molar-refractivity contribution < 1.29 is 4.39 Å². The van der Waals surface area contributed by atoms with Crippen molar-refractivity contribution in [1.82, 2.24) is 10.6 Å². The molecule has 0 fully saturated rings. The van der Waals surface area contributed by atoms with E-state index in [1.54, 1.807) is 26.1 Å². The first-order chi connectivity index (χ1) is 10.2. The van der Waals surface area contributed by atoms with E-state index in [0.717, 1.165) is 5.56 Å². The Morgan fingerprint density at radius 1 is 1.00 bits per heavy atom. The van der Waals surface area contributed by atoms with E-state index in [2.05, 4.69) is 27.8 Å². The number of aliphatic imine (C=N–C) groups is 1. The van der Waals surface area contributed by atoms with E-state index in [1.165, 1.54) is 5.56 Å². The molecule has 0 unspecified atom stereocenters. The minimum atomic E-state index is -0.179. The van der Waals surface area contributed by atoms with Crippen LogP contribution in [-0.4, -0.2) is 13.0 Å². The van der Waals surface area contributed by atoms with Crippen molar-refractivity contribution in [3.63, 3.8) is 0 Å². The van der Waals surface area contributed by atoms with E-state index < -0.39 is 0 Å². The molecule has 0 saturated carbocycles. The molecule has 0 aromatic heterocycles. The van der Waals surface area contributed by atoms with Gasteiger partial charge < -0.3 is 10.6 Å². The molecule has 2 N–H and O–H groups in total. The van der Waals surface area contributed by atoms with Gasteiger partial charge in [0.05, 0.1) is 0 Å². The quantitative estimate of drug-likeness (QED) is 0.669. The van der Waals surface area contributed by atoms with Crippen LogP contribution in [0.1, 0.15) is 16.7 Å². The summed E-state index contributed by atoms with van der Waals surface area (Å²) in [6.45, 7) is 2.99. The normalized spacial score (nSPS) is 11.3. The topological polar surface area (TPSA) is 36.4 Å². The summed E-state index contributed by atoms with van der Waals surface area (Å²) in [5.74, 6) is 0.515. The smallest absolute Gasteiger partial charge is 0.191 e. The number of rotatable bonds is 4. The maximum atomic E-state index is 13.5. The molecular weight excluding hydrogens is 265 g/mol. The average Bonchev–Trinajstić information content (AvgIpc) is 2.52. The Balaban J connectivity index is 1.86. The Bertz CT molecular complexity index is 609. The number of aryl methyl sites for hydroxylation is 1. The van der Waals surface area contributed by atoms with Gasteiger partial charge in [-0.3, -0.25) is 4.99 Å². The van der Waals surface area contributed by atoms with Gasteiger partial charge in [-0.1, -0.05) is 42.5 Å². The van der Waals surface area contributed by atoms with Gasteiger partial charge in [-0.15, -0.1) is 0 Å². The molecule has 3 nitrogen and oxygen atoms in total. The van der Waals surface area contributed by atoms with Gasteiger partial charge in [-0.2, -0.15) is 0 Å². The first-order valence-electron chi connectivity index (χ1n) is 6.92. The van der Waals surface area contributed by atoms with Crippen molar-refractivity contribution in [2.45, 2.75) is 20.0 Å². The van der Waals surface area contributed by atoms with Gasteiger partial charge in [0, 0.05) is 20.1 Å². The summed E-state index contributed by atoms with van der Waals surface area (Å²) < 4.78 is 13.5. The molecule has 0 heterocycles. The van der Waals surface area contributed by atoms with E-state index in [1.807, 2.05) is 24.3 Å². The SMILES string of the molecule is CN=C(NCc1ccccc1)NCc1ccc(C)c(F)c1. The molecule has 2 rings (SSSR count). The lowest BCUT2D eigenvalue weighted by Crippen LogP contribution is -2.36. The molecule has 0 radical (unpaired) electrons. The summed E-state index contributed by atoms with van der Waals surface area (Å²) in [6.07, 6.45) is 0. The number of hydrogen-bond acceptors (Lipinski definition) is 1. The molecule has 0 saturated heterocycles. The molecule has 0 aliphatic rings. The van der Waals surface area contributed by atoms with E-state index in [4.69, 9.17) is 0 Å². The maximum Gasteiger partial charge on any atom is 0.191 e. The fraction of sp³-hybridized carbons (Fsp3) is 0.235. The van der Waals surface area contributed by atoms with Crippen LogP contribution >= 0.6 is 0 Å². The van der Waals surface area contributed by atoms with Gasteiger partial charge in [-0.05, 0) is 29.7 Å². The summed E-state index contributed by atoms with van der Waals surface area (Å²) in [6, 6.07) is 15.3. The van der Waals surface area contributed by atoms with E-state index in [-0.39, 0.29) is 5.82 Å². The van der Waals surface area contributed by atoms with Crippen LogP contribution in [0.25, 0.3) is 0 Å². The summed E-state index contributed by atoms with van der Waals surface area (Å²) >= 11 is 0. The Kier molecular flexibility index (Phi) is 5.32. The fourth-order valence-electron chi connectivity index (χ4n) is 1.93. The van der Waals surface area contributed by atoms with Gasteiger partial charge in [0.2, 0.25) is 0 Å². The summed E-state index contributed by atoms with van der Waals surface area (Å²) in [7, 11) is 1.72. The number of halogens is 1. The van der Waals surface area contributed by atoms with Crippen LogP contribution in [0.4, 0.5) is 4.39 Å². The van der Waals surface area contributed by atoms with Crippen LogP contribution in [0.3, 0.4) is 0 Å². The Morgan fingerprint density at radius 3 is 2.29 bits per heavy atom. The van der Waals surface area contributed by atoms with Crippen LogP contribution in [0.5, 0.6) is 0 Å². The van der Waals surface area contributed by atoms with E-state index >= 15 is 0 Å². The van der Waals surface area contributed by atoms with Crippen molar-refractivity contribution in [2.24, 2.45) is 4.99 Å². The molecule has 0 atom stereocenters. The Morgan fingerprint density at radius 2 is 1.67 bits per heavy atom. The predicted molar refractivity (Wildman–Crippen MR) is 84.6 cm³/mol. The second-order valence-electron chi connectivity index (χ2n) is 4.85. The molecule has 2 aromatic rings. The third-order valence-electron chi connectivity index (χ3n) is 3.22. The highest BCUT2D eigenvalue weighted by molar-refractivity contribution is 5.79. The zero-order chi connectivity index (χ0) is 15.1. The molecule has 0 aliphatic carbocycles. The molecule has 21 heavy (non-hydrogen) atoms. The molecule has 0 spiro atoms. The van der Waals surface area contributed by atoms with Gasteiger partial charge in [0.1, 0.15) is 5.82 Å². The van der Waals surface area contributed by atoms with Crippen LogP contribution in [0.15, 0.2) is 53.5 Å². The zero-order valence-electron chi connectivity index (χ0n) is 12.4. The van der Waals surface area contributed by atoms with Crippen LogP contribution in [0, 0.1) is 12.7 Å². The summed E-state index contributed by atoms with van der Waals surface area (Å²) in [5.41, 5.74) is 2.73. The minimum absolute atomic E-state index is 0.179. The summed E-state index contributed by atoms with van der Waals surface area (Å²) in [5, 5.41) is 6.40. The number of hydrogen-bond donors (Lipinski definition) is 2. The summed E-state index contributed by atoms with van der Waals surface area (Å²) in [4.78, 5) is 4.16. The van der Waals surface area contributed by atoms with Crippen molar-refractivity contribution in [3.05, 3.63) is 71.0 Å². The first-order valence-corrected chi connectivity index (χ1v) is 6.92. The molecule has 0 bridgehead atoms. The highest BCUT2D eigenvalue weighted by atomic mass is 19.1. The minimum Gasteiger partial charge on any atom is -0.352 e. The fourth-order valence-corrected chi connectivity index (χ4v) is 1.93. The predicted octanol–water partition coefficient (Wildman–Crippen LogP) is 3.00. The van der Waals surface area contributed by atoms with Crippen molar-refractivity contribution >= 4 is 5.96 Å². The molecule has 110 valence electrons. The average molecular weight is 285 g/mol. The third-order valence-corrected chi connectivity index (χ3v) is 3.22. The first kappa shape index (κ1) is 15.0. The lowest BCUT2D eigenvalue weighted by atomic mass is 10.1. The van der Waals surface area contributed by atoms with Crippen LogP contribution in [0.2, 0.25) is 0 Å². The van der Waals surface area contributed by atoms with Crippen LogP contribution < -0.4 is 10.6 Å². The van der Waals surface area contributed by atoms with Gasteiger partial charge in [-0.25, -0.2) is 4.39 Å². The monoisotopic (exact) mass is 285 g/mol. The number of nitrogens with one attached hydrogen (secondary N) is 2. The number of nitrogens with zero attached hydrogens (tertiary/aromatic N) is 1. The molecule has 2 aromatic carbocycles. The molecular formula is C17H20FN3. The zero-order valence-corrected chi connectivity index (χ0v) is 12.4. The lowest BCUT2D eigenvalue weighted by Gasteiger charge is -2.12. The van der Waals surface area contributed by atoms with Gasteiger partial charge in [0.25, 0.3) is 0 Å². The lowest BCUT2D eigenvalue weighted by molar-refractivity contribution is 0.615. The van der Waals surface area contributed by atoms with E-state index in [0.29, 0.717) is 24.6 Å². The number of guanidine groups is 1. The van der Waals surface area contributed by atoms with Crippen molar-refractivity contribution in [3.8, 4) is 0 Å². The van der Waals surface area contributed by atoms with Gasteiger partial charge >= 0.3 is 0 Å². The highest BCUT2D eigenvalue weighted by Crippen LogP contribution is 2.08. The van der Waals surface area contributed by atoms with Gasteiger partial charge in [0.15, 0.2) is 5.96 Å². The van der Waals surface area contributed by atoms with Crippen molar-refractivity contribution in [2.75, 3.05) is 7.05 Å². The highest BCUT2D eigenvalue weighted by Gasteiger charge is 2.01. The van der Waals surface area contributed by atoms with Crippen LogP contribution in [-0.2, 0) is 13.1 Å². The largest absolute Gasteiger partial charge is 0.352 e. The Labute approximate surface area is 124 Å². The Hall–Kier alpha value is -2.36. The number of benzene rings is 2. The molecule has 4 heteroatoms. The molecule has 0 amide bonds. The standard InChI is InChI=1S/C17H20FN3/c1-13-8-9-15(10-16(13)18)12-21-17(19-2)20-11-14-6-4-3-5-7-14/h3-10H,11-12H2,1-2H3,(H2,19,20,21). The maximum absolute atomic E-state index is 13.5.